The van der Waals surface area contributed by atoms with Crippen molar-refractivity contribution in [2.45, 2.75) is 72.2 Å². The fourth-order valence-electron chi connectivity index (χ4n) is 4.94. The van der Waals surface area contributed by atoms with Crippen molar-refractivity contribution in [3.63, 3.8) is 0 Å². The molecule has 3 heterocycles. The zero-order valence-corrected chi connectivity index (χ0v) is 27.4. The minimum absolute atomic E-state index is 0.165. The second kappa shape index (κ2) is 13.6. The van der Waals surface area contributed by atoms with Crippen molar-refractivity contribution in [1.82, 2.24) is 25.2 Å². The van der Waals surface area contributed by atoms with Gasteiger partial charge in [-0.2, -0.15) is 10.1 Å². The summed E-state index contributed by atoms with van der Waals surface area (Å²) < 4.78 is 59.5. The van der Waals surface area contributed by atoms with Crippen LogP contribution in [0.3, 0.4) is 0 Å². The zero-order chi connectivity index (χ0) is 34.8. The number of halogens is 3. The van der Waals surface area contributed by atoms with Crippen molar-refractivity contribution < 1.29 is 41.5 Å². The average Bonchev–Trinajstić information content (AvgIpc) is 3.59. The fourth-order valence-corrected chi connectivity index (χ4v) is 4.94. The molecule has 1 fully saturated rings. The van der Waals surface area contributed by atoms with Gasteiger partial charge in [0.1, 0.15) is 23.5 Å². The van der Waals surface area contributed by atoms with Crippen molar-refractivity contribution in [2.24, 2.45) is 5.92 Å². The molecule has 0 aliphatic carbocycles. The molecule has 1 aliphatic rings. The molecule has 4 aromatic rings. The van der Waals surface area contributed by atoms with Gasteiger partial charge in [-0.05, 0) is 81.6 Å². The van der Waals surface area contributed by atoms with Crippen molar-refractivity contribution in [3.05, 3.63) is 65.9 Å². The van der Waals surface area contributed by atoms with Crippen LogP contribution < -0.4 is 15.0 Å². The summed E-state index contributed by atoms with van der Waals surface area (Å²) >= 11 is 0. The van der Waals surface area contributed by atoms with Crippen LogP contribution in [0.15, 0.2) is 59.1 Å². The summed E-state index contributed by atoms with van der Waals surface area (Å²) in [5.41, 5.74) is 3.01. The number of carbonyl (C=O) groups excluding carboxylic acids is 2. The monoisotopic (exact) mass is 670 g/mol. The van der Waals surface area contributed by atoms with E-state index in [2.05, 4.69) is 30.2 Å². The first kappa shape index (κ1) is 34.3. The van der Waals surface area contributed by atoms with Gasteiger partial charge in [0, 0.05) is 16.9 Å². The lowest BCUT2D eigenvalue weighted by molar-refractivity contribution is -0.274. The number of aromatic nitrogens is 4. The van der Waals surface area contributed by atoms with E-state index in [1.807, 2.05) is 45.0 Å². The number of anilines is 1. The molecular weight excluding hydrogens is 633 g/mol. The third kappa shape index (κ3) is 8.83. The lowest BCUT2D eigenvalue weighted by Gasteiger charge is -2.41. The van der Waals surface area contributed by atoms with Crippen molar-refractivity contribution >= 4 is 17.7 Å². The molecule has 1 saturated heterocycles. The van der Waals surface area contributed by atoms with E-state index in [1.54, 1.807) is 31.5 Å². The molecule has 256 valence electrons. The highest BCUT2D eigenvalue weighted by atomic mass is 19.4. The highest BCUT2D eigenvalue weighted by molar-refractivity contribution is 5.82. The van der Waals surface area contributed by atoms with Crippen LogP contribution in [-0.2, 0) is 20.8 Å². The summed E-state index contributed by atoms with van der Waals surface area (Å²) in [5, 5.41) is 11.2. The molecule has 5 rings (SSSR count). The summed E-state index contributed by atoms with van der Waals surface area (Å²) in [5.74, 6) is -0.677. The highest BCUT2D eigenvalue weighted by Crippen LogP contribution is 2.28. The minimum atomic E-state index is -4.78. The van der Waals surface area contributed by atoms with E-state index in [1.165, 1.54) is 24.3 Å². The van der Waals surface area contributed by atoms with Crippen LogP contribution in [0.25, 0.3) is 23.0 Å². The molecule has 15 heteroatoms. The molecule has 2 aromatic heterocycles. The molecule has 1 aliphatic heterocycles. The molecule has 0 radical (unpaired) electrons. The number of amides is 1. The van der Waals surface area contributed by atoms with Crippen LogP contribution in [0.2, 0.25) is 0 Å². The average molecular weight is 671 g/mol. The normalized spacial score (nSPS) is 14.4. The van der Waals surface area contributed by atoms with E-state index in [-0.39, 0.29) is 29.5 Å². The summed E-state index contributed by atoms with van der Waals surface area (Å²) in [6.45, 7) is 12.3. The van der Waals surface area contributed by atoms with Gasteiger partial charge in [0.15, 0.2) is 5.69 Å². The second-order valence-electron chi connectivity index (χ2n) is 12.8. The van der Waals surface area contributed by atoms with Crippen LogP contribution in [0, 0.1) is 12.8 Å². The number of hydrogen-bond donors (Lipinski definition) is 1. The Balaban J connectivity index is 1.17. The molecule has 0 saturated carbocycles. The van der Waals surface area contributed by atoms with Crippen LogP contribution >= 0.6 is 0 Å². The number of carbonyl (C=O) groups is 2. The molecule has 48 heavy (non-hydrogen) atoms. The van der Waals surface area contributed by atoms with Gasteiger partial charge in [-0.3, -0.25) is 4.68 Å². The van der Waals surface area contributed by atoms with Gasteiger partial charge in [-0.1, -0.05) is 31.1 Å². The quantitative estimate of drug-likeness (QED) is 0.196. The van der Waals surface area contributed by atoms with Gasteiger partial charge in [-0.25, -0.2) is 9.59 Å². The number of ether oxygens (including phenoxy) is 3. The molecule has 0 spiro atoms. The Morgan fingerprint density at radius 2 is 1.77 bits per heavy atom. The van der Waals surface area contributed by atoms with Crippen molar-refractivity contribution in [3.8, 4) is 28.7 Å². The van der Waals surface area contributed by atoms with E-state index in [4.69, 9.17) is 14.0 Å². The number of hydrogen-bond acceptors (Lipinski definition) is 10. The summed E-state index contributed by atoms with van der Waals surface area (Å²) in [6, 6.07) is 14.1. The molecule has 2 aromatic carbocycles. The zero-order valence-electron chi connectivity index (χ0n) is 27.4. The van der Waals surface area contributed by atoms with Gasteiger partial charge in [0.2, 0.25) is 5.82 Å². The number of rotatable bonds is 10. The van der Waals surface area contributed by atoms with Gasteiger partial charge >= 0.3 is 18.4 Å². The number of aryl methyl sites for hydroxylation is 1. The number of benzene rings is 2. The fraction of sp³-hybridized carbons (Fsp3) is 0.424. The number of nitrogens with one attached hydrogen (secondary N) is 1. The Hall–Kier alpha value is -5.08. The van der Waals surface area contributed by atoms with E-state index in [0.29, 0.717) is 30.9 Å². The van der Waals surface area contributed by atoms with Gasteiger partial charge in [0.25, 0.3) is 5.89 Å². The molecule has 1 amide bonds. The second-order valence-corrected chi connectivity index (χ2v) is 12.8. The van der Waals surface area contributed by atoms with Crippen molar-refractivity contribution in [2.75, 3.05) is 18.0 Å². The first-order chi connectivity index (χ1) is 22.5. The molecule has 12 nitrogen and oxygen atoms in total. The minimum Gasteiger partial charge on any atom is -0.457 e. The van der Waals surface area contributed by atoms with E-state index in [0.717, 1.165) is 16.9 Å². The smallest absolute Gasteiger partial charge is 0.457 e. The maximum absolute atomic E-state index is 12.9. The number of esters is 1. The first-order valence-corrected chi connectivity index (χ1v) is 15.3. The Morgan fingerprint density at radius 1 is 1.06 bits per heavy atom. The standard InChI is InChI=1S/C33H37F3N6O6/c1-19(2)27(37-31(44)47-32(4,5)6)30(43)45-25-17-41(18-25)23-9-7-8-21(15-23)16-42-20(3)14-26(39-42)29-38-28(40-48-29)22-10-12-24(13-11-22)46-33(34,35)36/h7-15,19,25,27H,16-18H2,1-6H3,(H,37,44). The third-order valence-electron chi connectivity index (χ3n) is 7.30. The lowest BCUT2D eigenvalue weighted by Crippen LogP contribution is -2.56. The van der Waals surface area contributed by atoms with Crippen LogP contribution in [0.1, 0.15) is 45.9 Å². The van der Waals surface area contributed by atoms with Crippen LogP contribution in [0.4, 0.5) is 23.7 Å². The molecule has 1 atom stereocenters. The van der Waals surface area contributed by atoms with E-state index >= 15 is 0 Å². The Morgan fingerprint density at radius 3 is 2.42 bits per heavy atom. The van der Waals surface area contributed by atoms with E-state index in [9.17, 15) is 22.8 Å². The van der Waals surface area contributed by atoms with E-state index < -0.39 is 30.1 Å². The Labute approximate surface area is 275 Å². The largest absolute Gasteiger partial charge is 0.573 e. The van der Waals surface area contributed by atoms with Gasteiger partial charge in [0.05, 0.1) is 19.6 Å². The maximum atomic E-state index is 12.9. The van der Waals surface area contributed by atoms with Crippen LogP contribution in [0.5, 0.6) is 5.75 Å². The predicted octanol–water partition coefficient (Wildman–Crippen LogP) is 6.14. The van der Waals surface area contributed by atoms with Gasteiger partial charge < -0.3 is 29.0 Å². The maximum Gasteiger partial charge on any atom is 0.573 e. The molecule has 0 bridgehead atoms. The Bertz CT molecular complexity index is 1740. The predicted molar refractivity (Wildman–Crippen MR) is 168 cm³/mol. The Kier molecular flexibility index (Phi) is 9.69. The highest BCUT2D eigenvalue weighted by Gasteiger charge is 2.35. The molecule has 1 unspecified atom stereocenters. The SMILES string of the molecule is Cc1cc(-c2nc(-c3ccc(OC(F)(F)F)cc3)no2)nn1Cc1cccc(N2CC(OC(=O)C(NC(=O)OC(C)(C)C)C(C)C)C2)c1. The third-order valence-corrected chi connectivity index (χ3v) is 7.30. The van der Waals surface area contributed by atoms with Gasteiger partial charge in [-0.15, -0.1) is 13.2 Å². The molecule has 1 N–H and O–H groups in total. The topological polar surface area (TPSA) is 134 Å². The van der Waals surface area contributed by atoms with Crippen molar-refractivity contribution in [1.29, 1.82) is 0 Å². The summed E-state index contributed by atoms with van der Waals surface area (Å²) in [7, 11) is 0. The molecular formula is C33H37F3N6O6. The number of alkyl halides is 3. The first-order valence-electron chi connectivity index (χ1n) is 15.3. The number of alkyl carbamates (subject to hydrolysis) is 1. The summed E-state index contributed by atoms with van der Waals surface area (Å²) in [6.07, 6.45) is -5.77. The summed E-state index contributed by atoms with van der Waals surface area (Å²) in [4.78, 5) is 31.6. The lowest BCUT2D eigenvalue weighted by atomic mass is 10.0. The van der Waals surface area contributed by atoms with Crippen LogP contribution in [-0.4, -0.2) is 69.2 Å². The number of nitrogens with zero attached hydrogens (tertiary/aromatic N) is 5.